The van der Waals surface area contributed by atoms with Gasteiger partial charge in [0.2, 0.25) is 5.96 Å². The minimum Gasteiger partial charge on any atom is -0.369 e. The van der Waals surface area contributed by atoms with Gasteiger partial charge in [-0.05, 0) is 19.1 Å². The van der Waals surface area contributed by atoms with Crippen LogP contribution in [0.1, 0.15) is 12.5 Å². The van der Waals surface area contributed by atoms with E-state index in [9.17, 15) is 0 Å². The highest BCUT2D eigenvalue weighted by Gasteiger charge is 2.04. The molecule has 0 aromatic heterocycles. The van der Waals surface area contributed by atoms with Gasteiger partial charge in [0.05, 0.1) is 10.7 Å². The third-order valence-electron chi connectivity index (χ3n) is 1.66. The maximum atomic E-state index is 6.94. The monoisotopic (exact) mass is 244 g/mol. The third-order valence-corrected chi connectivity index (χ3v) is 2.21. The predicted molar refractivity (Wildman–Crippen MR) is 63.7 cm³/mol. The van der Waals surface area contributed by atoms with Crippen molar-refractivity contribution in [1.82, 2.24) is 5.43 Å². The molecule has 0 amide bonds. The van der Waals surface area contributed by atoms with Crippen LogP contribution in [0, 0.1) is 5.41 Å². The fourth-order valence-electron chi connectivity index (χ4n) is 0.987. The first kappa shape index (κ1) is 11.8. The van der Waals surface area contributed by atoms with E-state index in [1.807, 2.05) is 0 Å². The maximum Gasteiger partial charge on any atom is 0.206 e. The van der Waals surface area contributed by atoms with E-state index in [1.54, 1.807) is 25.1 Å². The number of benzene rings is 1. The Morgan fingerprint density at radius 2 is 2.13 bits per heavy atom. The van der Waals surface area contributed by atoms with E-state index in [2.05, 4.69) is 10.5 Å². The second-order valence-electron chi connectivity index (χ2n) is 2.85. The second-order valence-corrected chi connectivity index (χ2v) is 3.69. The van der Waals surface area contributed by atoms with Crippen LogP contribution in [0.4, 0.5) is 0 Å². The summed E-state index contributed by atoms with van der Waals surface area (Å²) in [6.45, 7) is 1.76. The first-order chi connectivity index (χ1) is 7.00. The van der Waals surface area contributed by atoms with Crippen LogP contribution in [-0.4, -0.2) is 11.7 Å². The molecule has 4 N–H and O–H groups in total. The number of hydrogen-bond donors (Lipinski definition) is 3. The van der Waals surface area contributed by atoms with Gasteiger partial charge in [0.15, 0.2) is 0 Å². The lowest BCUT2D eigenvalue weighted by Gasteiger charge is -2.04. The highest BCUT2D eigenvalue weighted by atomic mass is 35.5. The minimum atomic E-state index is -0.223. The number of hydrogen-bond acceptors (Lipinski definition) is 2. The van der Waals surface area contributed by atoms with Crippen molar-refractivity contribution in [2.24, 2.45) is 10.8 Å². The molecule has 1 aromatic carbocycles. The second kappa shape index (κ2) is 5.00. The van der Waals surface area contributed by atoms with Crippen LogP contribution < -0.4 is 11.2 Å². The van der Waals surface area contributed by atoms with Crippen molar-refractivity contribution in [3.8, 4) is 0 Å². The molecule has 0 saturated heterocycles. The van der Waals surface area contributed by atoms with Crippen molar-refractivity contribution in [3.63, 3.8) is 0 Å². The Morgan fingerprint density at radius 1 is 1.47 bits per heavy atom. The van der Waals surface area contributed by atoms with Gasteiger partial charge in [-0.2, -0.15) is 5.10 Å². The first-order valence-electron chi connectivity index (χ1n) is 4.10. The van der Waals surface area contributed by atoms with E-state index in [1.165, 1.54) is 0 Å². The average Bonchev–Trinajstić information content (AvgIpc) is 2.14. The Morgan fingerprint density at radius 3 is 2.67 bits per heavy atom. The molecule has 0 atom stereocenters. The summed E-state index contributed by atoms with van der Waals surface area (Å²) in [5.74, 6) is -0.223. The summed E-state index contributed by atoms with van der Waals surface area (Å²) in [4.78, 5) is 0. The fraction of sp³-hybridized carbons (Fsp3) is 0.111. The lowest BCUT2D eigenvalue weighted by Crippen LogP contribution is -2.26. The Kier molecular flexibility index (Phi) is 3.94. The standard InChI is InChI=1S/C9H10Cl2N4/c1-5(14-15-9(12)13)7-3-2-6(10)4-8(7)11/h2-4H,1H3,(H4,12,13,15)/b14-5+. The zero-order chi connectivity index (χ0) is 11.4. The van der Waals surface area contributed by atoms with Gasteiger partial charge in [-0.15, -0.1) is 0 Å². The highest BCUT2D eigenvalue weighted by Crippen LogP contribution is 2.21. The van der Waals surface area contributed by atoms with Gasteiger partial charge in [0.25, 0.3) is 0 Å². The van der Waals surface area contributed by atoms with Crippen molar-refractivity contribution >= 4 is 34.9 Å². The number of nitrogens with zero attached hydrogens (tertiary/aromatic N) is 1. The van der Waals surface area contributed by atoms with Crippen molar-refractivity contribution in [2.45, 2.75) is 6.92 Å². The molecule has 6 heteroatoms. The summed E-state index contributed by atoms with van der Waals surface area (Å²) in [6, 6.07) is 5.10. The molecule has 0 saturated carbocycles. The molecular weight excluding hydrogens is 235 g/mol. The van der Waals surface area contributed by atoms with Crippen molar-refractivity contribution in [1.29, 1.82) is 5.41 Å². The molecule has 4 nitrogen and oxygen atoms in total. The van der Waals surface area contributed by atoms with Crippen LogP contribution in [0.25, 0.3) is 0 Å². The Hall–Kier alpha value is -1.26. The van der Waals surface area contributed by atoms with Gasteiger partial charge in [-0.25, -0.2) is 5.43 Å². The topological polar surface area (TPSA) is 74.3 Å². The maximum absolute atomic E-state index is 6.94. The van der Waals surface area contributed by atoms with E-state index < -0.39 is 0 Å². The Bertz CT molecular complexity index is 415. The van der Waals surface area contributed by atoms with Crippen molar-refractivity contribution in [2.75, 3.05) is 0 Å². The molecule has 0 aliphatic rings. The number of halogens is 2. The lowest BCUT2D eigenvalue weighted by molar-refractivity contribution is 0.992. The van der Waals surface area contributed by atoms with E-state index >= 15 is 0 Å². The van der Waals surface area contributed by atoms with Crippen LogP contribution in [0.2, 0.25) is 10.0 Å². The molecular formula is C9H10Cl2N4. The SMILES string of the molecule is C/C(=N\NC(=N)N)c1ccc(Cl)cc1Cl. The smallest absolute Gasteiger partial charge is 0.206 e. The van der Waals surface area contributed by atoms with E-state index in [0.29, 0.717) is 15.8 Å². The number of nitrogens with one attached hydrogen (secondary N) is 2. The van der Waals surface area contributed by atoms with Crippen LogP contribution in [0.5, 0.6) is 0 Å². The lowest BCUT2D eigenvalue weighted by atomic mass is 10.1. The summed E-state index contributed by atoms with van der Waals surface area (Å²) < 4.78 is 0. The van der Waals surface area contributed by atoms with Crippen LogP contribution in [-0.2, 0) is 0 Å². The fourth-order valence-corrected chi connectivity index (χ4v) is 1.53. The molecule has 1 aromatic rings. The molecule has 0 bridgehead atoms. The number of hydrazone groups is 1. The van der Waals surface area contributed by atoms with Crippen LogP contribution in [0.3, 0.4) is 0 Å². The number of nitrogens with two attached hydrogens (primary N) is 1. The van der Waals surface area contributed by atoms with Crippen molar-refractivity contribution in [3.05, 3.63) is 33.8 Å². The molecule has 0 spiro atoms. The quantitative estimate of drug-likeness (QED) is 0.424. The Labute approximate surface area is 97.6 Å². The van der Waals surface area contributed by atoms with E-state index in [4.69, 9.17) is 34.3 Å². The Balaban J connectivity index is 2.95. The molecule has 0 aliphatic carbocycles. The molecule has 1 rings (SSSR count). The molecule has 0 fully saturated rings. The van der Waals surface area contributed by atoms with Crippen molar-refractivity contribution < 1.29 is 0 Å². The molecule has 0 aliphatic heterocycles. The molecule has 15 heavy (non-hydrogen) atoms. The summed E-state index contributed by atoms with van der Waals surface area (Å²) >= 11 is 11.7. The summed E-state index contributed by atoms with van der Waals surface area (Å²) in [5.41, 5.74) is 8.81. The van der Waals surface area contributed by atoms with Gasteiger partial charge in [-0.1, -0.05) is 29.3 Å². The van der Waals surface area contributed by atoms with Gasteiger partial charge >= 0.3 is 0 Å². The zero-order valence-electron chi connectivity index (χ0n) is 8.01. The normalized spacial score (nSPS) is 11.3. The number of guanidine groups is 1. The number of rotatable bonds is 2. The predicted octanol–water partition coefficient (Wildman–Crippen LogP) is 2.20. The van der Waals surface area contributed by atoms with Gasteiger partial charge < -0.3 is 5.73 Å². The minimum absolute atomic E-state index is 0.223. The van der Waals surface area contributed by atoms with Gasteiger partial charge in [0.1, 0.15) is 0 Å². The van der Waals surface area contributed by atoms with E-state index in [-0.39, 0.29) is 5.96 Å². The average molecular weight is 245 g/mol. The van der Waals surface area contributed by atoms with Crippen LogP contribution in [0.15, 0.2) is 23.3 Å². The zero-order valence-corrected chi connectivity index (χ0v) is 9.52. The third kappa shape index (κ3) is 3.42. The van der Waals surface area contributed by atoms with E-state index in [0.717, 1.165) is 5.56 Å². The highest BCUT2D eigenvalue weighted by molar-refractivity contribution is 6.37. The molecule has 0 heterocycles. The largest absolute Gasteiger partial charge is 0.369 e. The summed E-state index contributed by atoms with van der Waals surface area (Å²) in [6.07, 6.45) is 0. The molecule has 0 radical (unpaired) electrons. The van der Waals surface area contributed by atoms with Crippen LogP contribution >= 0.6 is 23.2 Å². The first-order valence-corrected chi connectivity index (χ1v) is 4.86. The summed E-state index contributed by atoms with van der Waals surface area (Å²) in [7, 11) is 0. The van der Waals surface area contributed by atoms with Gasteiger partial charge in [0, 0.05) is 10.6 Å². The summed E-state index contributed by atoms with van der Waals surface area (Å²) in [5, 5.41) is 11.9. The molecule has 80 valence electrons. The van der Waals surface area contributed by atoms with Gasteiger partial charge in [-0.3, -0.25) is 5.41 Å². The molecule has 0 unspecified atom stereocenters.